The number of rotatable bonds is 6. The average molecular weight is 525 g/mol. The van der Waals surface area contributed by atoms with Crippen LogP contribution in [-0.4, -0.2) is 22.8 Å². The first-order chi connectivity index (χ1) is 16.1. The van der Waals surface area contributed by atoms with Gasteiger partial charge in [0.15, 0.2) is 0 Å². The van der Waals surface area contributed by atoms with Gasteiger partial charge in [0.05, 0.1) is 23.7 Å². The summed E-state index contributed by atoms with van der Waals surface area (Å²) in [5, 5.41) is 17.1. The molecule has 0 atom stereocenters. The van der Waals surface area contributed by atoms with Gasteiger partial charge in [-0.15, -0.1) is 15.3 Å². The molecule has 0 bridgehead atoms. The Morgan fingerprint density at radius 3 is 2.15 bits per heavy atom. The Morgan fingerprint density at radius 2 is 1.48 bits per heavy atom. The number of halogens is 1. The number of amidine groups is 1. The molecule has 0 heterocycles. The smallest absolute Gasteiger partial charge is 0.365 e. The molecule has 2 N–H and O–H groups in total. The first kappa shape index (κ1) is 24.1. The molecule has 3 rings (SSSR count). The van der Waals surface area contributed by atoms with E-state index in [1.165, 1.54) is 0 Å². The van der Waals surface area contributed by atoms with Gasteiger partial charge >= 0.3 is 5.97 Å². The molecule has 3 aromatic rings. The third kappa shape index (κ3) is 8.51. The Balaban J connectivity index is 1.85. The minimum Gasteiger partial charge on any atom is -0.461 e. The van der Waals surface area contributed by atoms with Crippen LogP contribution in [0.2, 0.25) is 0 Å². The SMILES string of the molecule is CCOC(=O)/C(=N\Nc1ccc(Br)cc1)S/C(N=Nc1ccccc1)=N/Nc1ccccc1. The highest BCUT2D eigenvalue weighted by Crippen LogP contribution is 2.18. The Kier molecular flexibility index (Phi) is 9.62. The number of thioether (sulfide) groups is 1. The van der Waals surface area contributed by atoms with Crippen molar-refractivity contribution in [2.24, 2.45) is 20.4 Å². The van der Waals surface area contributed by atoms with Crippen LogP contribution in [0.15, 0.2) is 110 Å². The molecule has 0 saturated heterocycles. The lowest BCUT2D eigenvalue weighted by Gasteiger charge is -2.07. The van der Waals surface area contributed by atoms with Crippen molar-refractivity contribution < 1.29 is 9.53 Å². The maximum Gasteiger partial charge on any atom is 0.365 e. The van der Waals surface area contributed by atoms with E-state index in [4.69, 9.17) is 4.74 Å². The number of nitrogens with zero attached hydrogens (tertiary/aromatic N) is 4. The predicted octanol–water partition coefficient (Wildman–Crippen LogP) is 6.64. The van der Waals surface area contributed by atoms with Crippen LogP contribution in [0.4, 0.5) is 17.1 Å². The third-order valence-electron chi connectivity index (χ3n) is 3.83. The number of para-hydroxylation sites is 1. The number of azo groups is 1. The molecule has 0 aliphatic rings. The number of anilines is 2. The lowest BCUT2D eigenvalue weighted by Crippen LogP contribution is -2.18. The number of carbonyl (C=O) groups excluding carboxylic acids is 1. The lowest BCUT2D eigenvalue weighted by molar-refractivity contribution is -0.134. The highest BCUT2D eigenvalue weighted by molar-refractivity contribution is 9.10. The predicted molar refractivity (Wildman–Crippen MR) is 138 cm³/mol. The van der Waals surface area contributed by atoms with Gasteiger partial charge < -0.3 is 4.74 Å². The van der Waals surface area contributed by atoms with E-state index in [2.05, 4.69) is 47.2 Å². The molecule has 0 spiro atoms. The van der Waals surface area contributed by atoms with Gasteiger partial charge in [0.2, 0.25) is 10.2 Å². The first-order valence-electron chi connectivity index (χ1n) is 9.94. The quantitative estimate of drug-likeness (QED) is 0.124. The zero-order valence-electron chi connectivity index (χ0n) is 17.7. The maximum atomic E-state index is 12.5. The van der Waals surface area contributed by atoms with Crippen LogP contribution < -0.4 is 10.9 Å². The van der Waals surface area contributed by atoms with Gasteiger partial charge in [-0.25, -0.2) is 4.79 Å². The fraction of sp³-hybridized carbons (Fsp3) is 0.0870. The summed E-state index contributed by atoms with van der Waals surface area (Å²) in [5.74, 6) is -0.602. The fourth-order valence-electron chi connectivity index (χ4n) is 2.32. The van der Waals surface area contributed by atoms with Crippen molar-refractivity contribution in [3.63, 3.8) is 0 Å². The monoisotopic (exact) mass is 524 g/mol. The molecule has 0 aliphatic carbocycles. The third-order valence-corrected chi connectivity index (χ3v) is 5.17. The fourth-order valence-corrected chi connectivity index (χ4v) is 3.16. The van der Waals surface area contributed by atoms with E-state index in [1.54, 1.807) is 6.92 Å². The van der Waals surface area contributed by atoms with Crippen molar-refractivity contribution in [3.8, 4) is 0 Å². The van der Waals surface area contributed by atoms with Crippen LogP contribution >= 0.6 is 27.7 Å². The number of hydrogen-bond acceptors (Lipinski definition) is 8. The minimum absolute atomic E-state index is 0.0281. The normalized spacial score (nSPS) is 11.9. The molecule has 33 heavy (non-hydrogen) atoms. The number of carbonyl (C=O) groups is 1. The number of nitrogens with one attached hydrogen (secondary N) is 2. The first-order valence-corrected chi connectivity index (χ1v) is 11.5. The van der Waals surface area contributed by atoms with E-state index >= 15 is 0 Å². The Hall–Kier alpha value is -3.50. The maximum absolute atomic E-state index is 12.5. The zero-order chi connectivity index (χ0) is 23.3. The molecular formula is C23H21BrN6O2S. The summed E-state index contributed by atoms with van der Waals surface area (Å²) in [7, 11) is 0. The summed E-state index contributed by atoms with van der Waals surface area (Å²) in [6.07, 6.45) is 0. The summed E-state index contributed by atoms with van der Waals surface area (Å²) in [6.45, 7) is 1.93. The molecule has 3 aromatic carbocycles. The van der Waals surface area contributed by atoms with Crippen molar-refractivity contribution in [1.82, 2.24) is 0 Å². The van der Waals surface area contributed by atoms with Gasteiger partial charge in [-0.05, 0) is 67.2 Å². The Bertz CT molecular complexity index is 1120. The minimum atomic E-state index is -0.602. The van der Waals surface area contributed by atoms with Crippen LogP contribution in [-0.2, 0) is 9.53 Å². The van der Waals surface area contributed by atoms with Crippen LogP contribution in [0.25, 0.3) is 0 Å². The molecule has 0 aliphatic heterocycles. The van der Waals surface area contributed by atoms with E-state index in [0.717, 1.165) is 21.9 Å². The second kappa shape index (κ2) is 13.1. The molecular weight excluding hydrogens is 504 g/mol. The van der Waals surface area contributed by atoms with Crippen molar-refractivity contribution in [2.75, 3.05) is 17.5 Å². The Morgan fingerprint density at radius 1 is 0.879 bits per heavy atom. The molecule has 8 nitrogen and oxygen atoms in total. The molecule has 0 saturated carbocycles. The number of ether oxygens (including phenoxy) is 1. The van der Waals surface area contributed by atoms with Gasteiger partial charge in [-0.2, -0.15) is 5.10 Å². The largest absolute Gasteiger partial charge is 0.461 e. The van der Waals surface area contributed by atoms with Gasteiger partial charge in [0.25, 0.3) is 0 Å². The molecule has 0 amide bonds. The highest BCUT2D eigenvalue weighted by Gasteiger charge is 2.18. The van der Waals surface area contributed by atoms with Gasteiger partial charge in [-0.1, -0.05) is 52.3 Å². The summed E-state index contributed by atoms with van der Waals surface area (Å²) >= 11 is 4.32. The standard InChI is InChI=1S/C23H21BrN6O2S/c1-2-32-22(31)21(28-25-20-15-13-17(24)14-16-20)33-23(29-26-18-9-5-3-6-10-18)30-27-19-11-7-4-8-12-19/h3-16,25-26H,2H2,1H3/b28-21+,29-23+,30-27?. The van der Waals surface area contributed by atoms with Crippen molar-refractivity contribution in [2.45, 2.75) is 6.92 Å². The van der Waals surface area contributed by atoms with E-state index in [-0.39, 0.29) is 16.8 Å². The molecule has 10 heteroatoms. The van der Waals surface area contributed by atoms with Crippen molar-refractivity contribution in [1.29, 1.82) is 0 Å². The van der Waals surface area contributed by atoms with Crippen LogP contribution in [0.3, 0.4) is 0 Å². The molecule has 0 aromatic heterocycles. The van der Waals surface area contributed by atoms with E-state index in [0.29, 0.717) is 11.4 Å². The number of esters is 1. The molecule has 0 unspecified atom stereocenters. The van der Waals surface area contributed by atoms with Gasteiger partial charge in [0, 0.05) is 4.47 Å². The summed E-state index contributed by atoms with van der Waals surface area (Å²) in [5.41, 5.74) is 7.89. The topological polar surface area (TPSA) is 99.8 Å². The number of benzene rings is 3. The lowest BCUT2D eigenvalue weighted by atomic mass is 10.3. The summed E-state index contributed by atoms with van der Waals surface area (Å²) in [6, 6.07) is 26.0. The van der Waals surface area contributed by atoms with E-state index in [1.807, 2.05) is 84.9 Å². The van der Waals surface area contributed by atoms with E-state index in [9.17, 15) is 4.79 Å². The number of hydrogen-bond donors (Lipinski definition) is 2. The van der Waals surface area contributed by atoms with Crippen molar-refractivity contribution in [3.05, 3.63) is 89.4 Å². The number of hydrazone groups is 2. The second-order valence-corrected chi connectivity index (χ2v) is 8.14. The molecule has 0 fully saturated rings. The summed E-state index contributed by atoms with van der Waals surface area (Å²) in [4.78, 5) is 12.5. The Labute approximate surface area is 204 Å². The van der Waals surface area contributed by atoms with E-state index < -0.39 is 5.97 Å². The van der Waals surface area contributed by atoms with Gasteiger partial charge in [0.1, 0.15) is 0 Å². The summed E-state index contributed by atoms with van der Waals surface area (Å²) < 4.78 is 6.08. The second-order valence-electron chi connectivity index (χ2n) is 6.27. The highest BCUT2D eigenvalue weighted by atomic mass is 79.9. The zero-order valence-corrected chi connectivity index (χ0v) is 20.1. The molecule has 0 radical (unpaired) electrons. The van der Waals surface area contributed by atoms with Crippen LogP contribution in [0.5, 0.6) is 0 Å². The van der Waals surface area contributed by atoms with Crippen LogP contribution in [0.1, 0.15) is 6.92 Å². The van der Waals surface area contributed by atoms with Crippen LogP contribution in [0, 0.1) is 0 Å². The average Bonchev–Trinajstić information content (AvgIpc) is 2.85. The molecule has 168 valence electrons. The van der Waals surface area contributed by atoms with Crippen molar-refractivity contribution >= 4 is 60.9 Å². The van der Waals surface area contributed by atoms with Gasteiger partial charge in [-0.3, -0.25) is 10.9 Å².